The van der Waals surface area contributed by atoms with E-state index in [1.165, 1.54) is 88.3 Å². The Morgan fingerprint density at radius 3 is 1.06 bits per heavy atom. The molecule has 0 saturated heterocycles. The molecular weight excluding hydrogens is 911 g/mol. The van der Waals surface area contributed by atoms with Gasteiger partial charge in [0.15, 0.2) is 0 Å². The van der Waals surface area contributed by atoms with Crippen molar-refractivity contribution in [3.05, 3.63) is 180 Å². The predicted molar refractivity (Wildman–Crippen MR) is 284 cm³/mol. The van der Waals surface area contributed by atoms with E-state index in [1.54, 1.807) is 0 Å². The topological polar surface area (TPSA) is 0 Å². The molecule has 8 rings (SSSR count). The van der Waals surface area contributed by atoms with Gasteiger partial charge in [-0.2, -0.15) is 12.1 Å². The first-order chi connectivity index (χ1) is 30.5. The molecule has 0 spiro atoms. The second-order valence-electron chi connectivity index (χ2n) is 19.8. The first-order valence-electron chi connectivity index (χ1n) is 22.8. The van der Waals surface area contributed by atoms with Crippen LogP contribution in [0.1, 0.15) is 91.5 Å². The molecule has 8 aromatic carbocycles. The van der Waals surface area contributed by atoms with E-state index in [2.05, 4.69) is 240 Å². The number of fused-ring (bicyclic) bond motifs is 2. The molecule has 0 aliphatic rings. The molecule has 0 aliphatic heterocycles. The van der Waals surface area contributed by atoms with Gasteiger partial charge in [0.2, 0.25) is 0 Å². The summed E-state index contributed by atoms with van der Waals surface area (Å²) in [4.78, 5) is 0. The fourth-order valence-electron chi connectivity index (χ4n) is 8.84. The van der Waals surface area contributed by atoms with E-state index in [4.69, 9.17) is 17.0 Å². The van der Waals surface area contributed by atoms with Crippen LogP contribution in [-0.2, 0) is 44.5 Å². The van der Waals surface area contributed by atoms with E-state index in [9.17, 15) is 0 Å². The van der Waals surface area contributed by atoms with Crippen LogP contribution in [0.3, 0.4) is 0 Å². The fourth-order valence-corrected chi connectivity index (χ4v) is 8.84. The summed E-state index contributed by atoms with van der Waals surface area (Å²) in [5.74, 6) is 1.32. The molecule has 8 aromatic rings. The van der Waals surface area contributed by atoms with E-state index in [0.717, 1.165) is 22.4 Å². The molecule has 0 N–H and O–H groups in total. The standard InChI is InChI=1S/2C29H31.C2H6Si.2ClH.Zr/c2*1-20(2)17-21-18-23-15-16-27(29(3,4)5)28(26(23)19-21)25-14-10-9-13-24(25)22-11-7-6-8-12-22;1-3-2;;;/h2*6-16,18-20H,17H2,1-5H3;1-2H3;2*1H;/q2*-1;;;;+4/p-2. The van der Waals surface area contributed by atoms with Gasteiger partial charge in [-0.25, -0.2) is 0 Å². The first-order valence-corrected chi connectivity index (χ1v) is 31.1. The van der Waals surface area contributed by atoms with Gasteiger partial charge in [-0.3, -0.25) is 0 Å². The summed E-state index contributed by atoms with van der Waals surface area (Å²) in [7, 11) is 11.0. The maximum absolute atomic E-state index is 4.93. The first kappa shape index (κ1) is 51.2. The molecule has 0 heterocycles. The van der Waals surface area contributed by atoms with Crippen molar-refractivity contribution in [3.8, 4) is 44.5 Å². The van der Waals surface area contributed by atoms with Gasteiger partial charge in [0, 0.05) is 9.52 Å². The van der Waals surface area contributed by atoms with Crippen LogP contribution in [0.25, 0.3) is 66.1 Å². The van der Waals surface area contributed by atoms with Crippen LogP contribution in [0.4, 0.5) is 0 Å². The fraction of sp³-hybridized carbons (Fsp3) is 0.300. The normalized spacial score (nSPS) is 11.4. The molecule has 0 unspecified atom stereocenters. The van der Waals surface area contributed by atoms with Crippen molar-refractivity contribution in [1.82, 2.24) is 0 Å². The maximum atomic E-state index is 4.93. The number of hydrogen-bond donors (Lipinski definition) is 0. The molecule has 0 saturated carbocycles. The van der Waals surface area contributed by atoms with Gasteiger partial charge in [-0.05, 0) is 68.9 Å². The summed E-state index contributed by atoms with van der Waals surface area (Å²) in [5, 5.41) is 5.48. The van der Waals surface area contributed by atoms with E-state index >= 15 is 0 Å². The van der Waals surface area contributed by atoms with Crippen LogP contribution in [0, 0.1) is 11.8 Å². The van der Waals surface area contributed by atoms with Crippen LogP contribution in [0.15, 0.2) is 158 Å². The molecule has 0 aliphatic carbocycles. The number of halogens is 2. The molecule has 0 bridgehead atoms. The summed E-state index contributed by atoms with van der Waals surface area (Å²) in [6.45, 7) is 27.4. The predicted octanol–water partition coefficient (Wildman–Crippen LogP) is 18.9. The average molecular weight is 979 g/mol. The van der Waals surface area contributed by atoms with Gasteiger partial charge in [-0.1, -0.05) is 214 Å². The van der Waals surface area contributed by atoms with E-state index in [1.807, 2.05) is 0 Å². The molecule has 0 amide bonds. The summed E-state index contributed by atoms with van der Waals surface area (Å²) in [5.41, 5.74) is 16.5. The Labute approximate surface area is 408 Å². The molecule has 2 radical (unpaired) electrons. The van der Waals surface area contributed by atoms with E-state index < -0.39 is 20.8 Å². The molecule has 64 heavy (non-hydrogen) atoms. The number of benzene rings is 6. The molecule has 4 heteroatoms. The van der Waals surface area contributed by atoms with Crippen LogP contribution < -0.4 is 0 Å². The number of rotatable bonds is 8. The summed E-state index contributed by atoms with van der Waals surface area (Å²) < 4.78 is 0. The third-order valence-electron chi connectivity index (χ3n) is 11.4. The van der Waals surface area contributed by atoms with Gasteiger partial charge < -0.3 is 0 Å². The van der Waals surface area contributed by atoms with E-state index in [0.29, 0.717) is 11.8 Å². The average Bonchev–Trinajstić information content (AvgIpc) is 3.86. The van der Waals surface area contributed by atoms with Crippen molar-refractivity contribution in [2.75, 3.05) is 0 Å². The monoisotopic (exact) mass is 976 g/mol. The molecule has 0 atom stereocenters. The minimum atomic E-state index is -0.826. The zero-order valence-corrected chi connectivity index (χ0v) is 45.3. The van der Waals surface area contributed by atoms with Crippen molar-refractivity contribution < 1.29 is 20.8 Å². The van der Waals surface area contributed by atoms with Crippen molar-refractivity contribution in [2.24, 2.45) is 11.8 Å². The summed E-state index contributed by atoms with van der Waals surface area (Å²) in [6, 6.07) is 58.2. The quantitative estimate of drug-likeness (QED) is 0.105. The molecule has 0 aromatic heterocycles. The van der Waals surface area contributed by atoms with Gasteiger partial charge in [0.05, 0.1) is 0 Å². The Morgan fingerprint density at radius 2 is 0.766 bits per heavy atom. The molecule has 0 fully saturated rings. The second-order valence-corrected chi connectivity index (χ2v) is 24.5. The molecule has 330 valence electrons. The van der Waals surface area contributed by atoms with Gasteiger partial charge in [-0.15, -0.1) is 69.1 Å². The zero-order valence-electron chi connectivity index (χ0n) is 40.3. The Morgan fingerprint density at radius 1 is 0.469 bits per heavy atom. The van der Waals surface area contributed by atoms with E-state index in [-0.39, 0.29) is 10.8 Å². The Balaban J connectivity index is 0.000000215. The van der Waals surface area contributed by atoms with Crippen molar-refractivity contribution in [1.29, 1.82) is 0 Å². The zero-order chi connectivity index (χ0) is 46.6. The Kier molecular flexibility index (Phi) is 18.9. The van der Waals surface area contributed by atoms with Crippen molar-refractivity contribution >= 4 is 48.1 Å². The SMILES string of the molecule is CC(C)Cc1cc2c(-c3ccccc3-c3ccccc3)c(C(C)(C)C)ccc2[cH-]1.CC(C)Cc1cc2c(-c3ccccc3-c3ccccc3)c(C(C)(C)C)ccc2[cH-]1.C[Si]C.[Cl][Zr+2][Cl]. The van der Waals surface area contributed by atoms with Gasteiger partial charge >= 0.3 is 37.9 Å². The second kappa shape index (κ2) is 23.6. The van der Waals surface area contributed by atoms with Crippen molar-refractivity contribution in [2.45, 2.75) is 106 Å². The third-order valence-corrected chi connectivity index (χ3v) is 11.4. The van der Waals surface area contributed by atoms with Crippen LogP contribution in [0.2, 0.25) is 13.1 Å². The molecule has 0 nitrogen and oxygen atoms in total. The van der Waals surface area contributed by atoms with Crippen LogP contribution >= 0.6 is 17.0 Å². The van der Waals surface area contributed by atoms with Gasteiger partial charge in [0.25, 0.3) is 0 Å². The summed E-state index contributed by atoms with van der Waals surface area (Å²) >= 11 is -0.826. The molecular formula is C60H68Cl2SiZr. The third kappa shape index (κ3) is 13.2. The minimum absolute atomic E-state index is 0.0722. The summed E-state index contributed by atoms with van der Waals surface area (Å²) in [6.07, 6.45) is 2.25. The van der Waals surface area contributed by atoms with Crippen molar-refractivity contribution in [3.63, 3.8) is 0 Å². The van der Waals surface area contributed by atoms with Crippen LogP contribution in [0.5, 0.6) is 0 Å². The Hall–Kier alpha value is -3.78. The number of hydrogen-bond acceptors (Lipinski definition) is 0. The van der Waals surface area contributed by atoms with Crippen LogP contribution in [-0.4, -0.2) is 9.52 Å². The van der Waals surface area contributed by atoms with Gasteiger partial charge in [0.1, 0.15) is 0 Å². The Bertz CT molecular complexity index is 2480.